The van der Waals surface area contributed by atoms with Crippen molar-refractivity contribution in [1.29, 1.82) is 0 Å². The van der Waals surface area contributed by atoms with Gasteiger partial charge in [0, 0.05) is 31.6 Å². The number of ether oxygens (including phenoxy) is 1. The number of benzene rings is 2. The second-order valence-corrected chi connectivity index (χ2v) is 7.69. The van der Waals surface area contributed by atoms with Gasteiger partial charge in [-0.3, -0.25) is 4.90 Å². The van der Waals surface area contributed by atoms with Crippen molar-refractivity contribution in [2.45, 2.75) is 18.7 Å². The van der Waals surface area contributed by atoms with Crippen molar-refractivity contribution in [3.63, 3.8) is 0 Å². The fourth-order valence-electron chi connectivity index (χ4n) is 4.26. The van der Waals surface area contributed by atoms with Gasteiger partial charge in [-0.1, -0.05) is 66.2 Å². The Kier molecular flexibility index (Phi) is 4.48. The minimum atomic E-state index is 0.217. The second kappa shape index (κ2) is 7.12. The summed E-state index contributed by atoms with van der Waals surface area (Å²) in [6.45, 7) is 4.49. The lowest BCUT2D eigenvalue weighted by Crippen LogP contribution is -2.50. The van der Waals surface area contributed by atoms with Crippen LogP contribution in [0.1, 0.15) is 5.56 Å². The van der Waals surface area contributed by atoms with Crippen LogP contribution in [0.15, 0.2) is 60.7 Å². The van der Waals surface area contributed by atoms with Gasteiger partial charge in [0.1, 0.15) is 11.0 Å². The monoisotopic (exact) mass is 379 g/mol. The fraction of sp³-hybridized carbons (Fsp3) is 0.318. The Morgan fingerprint density at radius 3 is 2.74 bits per heavy atom. The van der Waals surface area contributed by atoms with Gasteiger partial charge >= 0.3 is 0 Å². The smallest absolute Gasteiger partial charge is 0.139 e. The van der Waals surface area contributed by atoms with Crippen molar-refractivity contribution in [3.8, 4) is 0 Å². The molecule has 2 aromatic carbocycles. The minimum Gasteiger partial charge on any atom is -0.373 e. The molecular formula is C22H22ClN3O. The number of fused-ring (bicyclic) bond motifs is 2. The third-order valence-electron chi connectivity index (χ3n) is 5.65. The summed E-state index contributed by atoms with van der Waals surface area (Å²) < 4.78 is 6.10. The summed E-state index contributed by atoms with van der Waals surface area (Å²) in [5.41, 5.74) is 1.35. The van der Waals surface area contributed by atoms with Crippen molar-refractivity contribution < 1.29 is 4.74 Å². The molecule has 4 nitrogen and oxygen atoms in total. The molecule has 5 heteroatoms. The van der Waals surface area contributed by atoms with E-state index in [9.17, 15) is 0 Å². The van der Waals surface area contributed by atoms with Crippen LogP contribution >= 0.6 is 11.6 Å². The lowest BCUT2D eigenvalue weighted by Gasteiger charge is -2.36. The number of aromatic nitrogens is 1. The number of hydrogen-bond donors (Lipinski definition) is 0. The number of rotatable bonds is 3. The minimum absolute atomic E-state index is 0.217. The van der Waals surface area contributed by atoms with Gasteiger partial charge in [0.15, 0.2) is 0 Å². The predicted octanol–water partition coefficient (Wildman–Crippen LogP) is 3.98. The Balaban J connectivity index is 1.39. The summed E-state index contributed by atoms with van der Waals surface area (Å²) in [6.07, 6.45) is 0.217. The molecule has 2 fully saturated rings. The van der Waals surface area contributed by atoms with Gasteiger partial charge in [0.25, 0.3) is 0 Å². The summed E-state index contributed by atoms with van der Waals surface area (Å²) in [6, 6.07) is 21.3. The average molecular weight is 380 g/mol. The van der Waals surface area contributed by atoms with E-state index in [1.54, 1.807) is 0 Å². The molecule has 3 aromatic rings. The normalized spacial score (nSPS) is 22.9. The molecule has 5 rings (SSSR count). The first-order chi connectivity index (χ1) is 13.3. The topological polar surface area (TPSA) is 28.6 Å². The van der Waals surface area contributed by atoms with Gasteiger partial charge in [-0.05, 0) is 17.0 Å². The average Bonchev–Trinajstić information content (AvgIpc) is 3.14. The van der Waals surface area contributed by atoms with Crippen LogP contribution in [0.5, 0.6) is 0 Å². The number of morpholine rings is 1. The first kappa shape index (κ1) is 17.0. The molecule has 0 saturated carbocycles. The summed E-state index contributed by atoms with van der Waals surface area (Å²) in [7, 11) is 0. The van der Waals surface area contributed by atoms with Crippen LogP contribution in [0.25, 0.3) is 10.8 Å². The SMILES string of the molecule is Clc1nc(N2CC3OCCN(Cc4ccccc4)C3C2)cc2ccccc12. The van der Waals surface area contributed by atoms with Crippen LogP contribution in [0.3, 0.4) is 0 Å². The van der Waals surface area contributed by atoms with Crippen molar-refractivity contribution in [1.82, 2.24) is 9.88 Å². The van der Waals surface area contributed by atoms with Crippen LogP contribution in [0, 0.1) is 0 Å². The third-order valence-corrected chi connectivity index (χ3v) is 5.94. The third kappa shape index (κ3) is 3.29. The van der Waals surface area contributed by atoms with Crippen LogP contribution in [-0.4, -0.2) is 48.3 Å². The molecule has 0 spiro atoms. The number of anilines is 1. The molecule has 0 aliphatic carbocycles. The highest BCUT2D eigenvalue weighted by molar-refractivity contribution is 6.34. The standard InChI is InChI=1S/C22H22ClN3O/c23-22-18-9-5-4-8-17(18)12-21(24-22)26-14-19-20(15-26)27-11-10-25(19)13-16-6-2-1-3-7-16/h1-9,12,19-20H,10-11,13-15H2. The van der Waals surface area contributed by atoms with Crippen LogP contribution < -0.4 is 4.90 Å². The van der Waals surface area contributed by atoms with E-state index in [4.69, 9.17) is 16.3 Å². The van der Waals surface area contributed by atoms with Crippen molar-refractivity contribution in [3.05, 3.63) is 71.4 Å². The molecular weight excluding hydrogens is 358 g/mol. The number of hydrogen-bond acceptors (Lipinski definition) is 4. The van der Waals surface area contributed by atoms with E-state index in [-0.39, 0.29) is 6.10 Å². The molecule has 2 aliphatic rings. The van der Waals surface area contributed by atoms with Crippen molar-refractivity contribution >= 4 is 28.2 Å². The number of nitrogens with zero attached hydrogens (tertiary/aromatic N) is 3. The molecule has 0 bridgehead atoms. The van der Waals surface area contributed by atoms with Crippen molar-refractivity contribution in [2.24, 2.45) is 0 Å². The Hall–Kier alpha value is -2.14. The maximum absolute atomic E-state index is 6.45. The quantitative estimate of drug-likeness (QED) is 0.644. The highest BCUT2D eigenvalue weighted by atomic mass is 35.5. The Morgan fingerprint density at radius 1 is 1.04 bits per heavy atom. The maximum atomic E-state index is 6.45. The zero-order valence-electron chi connectivity index (χ0n) is 15.1. The Bertz CT molecular complexity index is 949. The molecule has 138 valence electrons. The summed E-state index contributed by atoms with van der Waals surface area (Å²) >= 11 is 6.45. The van der Waals surface area contributed by atoms with Gasteiger partial charge in [-0.2, -0.15) is 0 Å². The molecule has 2 unspecified atom stereocenters. The molecule has 0 N–H and O–H groups in total. The van der Waals surface area contributed by atoms with Gasteiger partial charge in [0.05, 0.1) is 18.8 Å². The van der Waals surface area contributed by atoms with E-state index >= 15 is 0 Å². The van der Waals surface area contributed by atoms with E-state index in [2.05, 4.69) is 57.2 Å². The summed E-state index contributed by atoms with van der Waals surface area (Å²) in [5, 5.41) is 2.70. The molecule has 27 heavy (non-hydrogen) atoms. The molecule has 0 radical (unpaired) electrons. The molecule has 2 aliphatic heterocycles. The van der Waals surface area contributed by atoms with E-state index in [0.29, 0.717) is 11.2 Å². The summed E-state index contributed by atoms with van der Waals surface area (Å²) in [4.78, 5) is 9.53. The van der Waals surface area contributed by atoms with Crippen molar-refractivity contribution in [2.75, 3.05) is 31.1 Å². The molecule has 2 atom stereocenters. The molecule has 1 aromatic heterocycles. The van der Waals surface area contributed by atoms with E-state index in [1.807, 2.05) is 18.2 Å². The van der Waals surface area contributed by atoms with E-state index < -0.39 is 0 Å². The lowest BCUT2D eigenvalue weighted by atomic mass is 10.1. The number of pyridine rings is 1. The highest BCUT2D eigenvalue weighted by Crippen LogP contribution is 2.31. The van der Waals surface area contributed by atoms with E-state index in [1.165, 1.54) is 5.56 Å². The molecule has 3 heterocycles. The lowest BCUT2D eigenvalue weighted by molar-refractivity contribution is -0.0499. The number of halogens is 1. The van der Waals surface area contributed by atoms with Gasteiger partial charge in [0.2, 0.25) is 0 Å². The molecule has 2 saturated heterocycles. The van der Waals surface area contributed by atoms with Gasteiger partial charge in [-0.25, -0.2) is 4.98 Å². The van der Waals surface area contributed by atoms with Gasteiger partial charge < -0.3 is 9.64 Å². The highest BCUT2D eigenvalue weighted by Gasteiger charge is 2.40. The van der Waals surface area contributed by atoms with Crippen LogP contribution in [0.4, 0.5) is 5.82 Å². The Labute approximate surface area is 164 Å². The van der Waals surface area contributed by atoms with Crippen LogP contribution in [0.2, 0.25) is 5.15 Å². The first-order valence-electron chi connectivity index (χ1n) is 9.48. The second-order valence-electron chi connectivity index (χ2n) is 7.33. The van der Waals surface area contributed by atoms with Gasteiger partial charge in [-0.15, -0.1) is 0 Å². The fourth-order valence-corrected chi connectivity index (χ4v) is 4.52. The summed E-state index contributed by atoms with van der Waals surface area (Å²) in [5.74, 6) is 0.941. The maximum Gasteiger partial charge on any atom is 0.139 e. The largest absolute Gasteiger partial charge is 0.373 e. The first-order valence-corrected chi connectivity index (χ1v) is 9.85. The zero-order valence-corrected chi connectivity index (χ0v) is 15.8. The van der Waals surface area contributed by atoms with E-state index in [0.717, 1.165) is 49.4 Å². The van der Waals surface area contributed by atoms with Crippen LogP contribution in [-0.2, 0) is 11.3 Å². The predicted molar refractivity (Wildman–Crippen MR) is 109 cm³/mol. The Morgan fingerprint density at radius 2 is 1.85 bits per heavy atom. The zero-order chi connectivity index (χ0) is 18.2. The molecule has 0 amide bonds.